The SMILES string of the molecule is O=C(Cc1ccc([N+](=O)[O-])cc1Br)NCC1=CCNCC1. The van der Waals surface area contributed by atoms with Crippen LogP contribution in [0.5, 0.6) is 0 Å². The summed E-state index contributed by atoms with van der Waals surface area (Å²) in [6, 6.07) is 4.42. The summed E-state index contributed by atoms with van der Waals surface area (Å²) in [5.74, 6) is -0.0935. The number of amides is 1. The van der Waals surface area contributed by atoms with E-state index >= 15 is 0 Å². The highest BCUT2D eigenvalue weighted by Crippen LogP contribution is 2.23. The van der Waals surface area contributed by atoms with Crippen molar-refractivity contribution in [3.05, 3.63) is 50.0 Å². The quantitative estimate of drug-likeness (QED) is 0.481. The van der Waals surface area contributed by atoms with Crippen LogP contribution in [0.2, 0.25) is 0 Å². The van der Waals surface area contributed by atoms with Crippen molar-refractivity contribution in [3.63, 3.8) is 0 Å². The zero-order valence-corrected chi connectivity index (χ0v) is 13.0. The average molecular weight is 354 g/mol. The maximum absolute atomic E-state index is 11.9. The van der Waals surface area contributed by atoms with Gasteiger partial charge < -0.3 is 10.6 Å². The highest BCUT2D eigenvalue weighted by atomic mass is 79.9. The second kappa shape index (κ2) is 7.33. The van der Waals surface area contributed by atoms with E-state index in [0.717, 1.165) is 25.1 Å². The first kappa shape index (κ1) is 15.7. The number of benzene rings is 1. The Morgan fingerprint density at radius 1 is 1.48 bits per heavy atom. The highest BCUT2D eigenvalue weighted by molar-refractivity contribution is 9.10. The van der Waals surface area contributed by atoms with Gasteiger partial charge in [0.05, 0.1) is 11.3 Å². The number of nitro groups is 1. The van der Waals surface area contributed by atoms with Crippen molar-refractivity contribution >= 4 is 27.5 Å². The van der Waals surface area contributed by atoms with Crippen molar-refractivity contribution < 1.29 is 9.72 Å². The van der Waals surface area contributed by atoms with E-state index in [1.54, 1.807) is 6.07 Å². The zero-order valence-electron chi connectivity index (χ0n) is 11.4. The third-order valence-electron chi connectivity index (χ3n) is 3.27. The van der Waals surface area contributed by atoms with Crippen molar-refractivity contribution in [1.29, 1.82) is 0 Å². The molecule has 2 N–H and O–H groups in total. The third kappa shape index (κ3) is 4.64. The van der Waals surface area contributed by atoms with Crippen LogP contribution in [0.15, 0.2) is 34.3 Å². The molecule has 6 nitrogen and oxygen atoms in total. The van der Waals surface area contributed by atoms with E-state index in [1.807, 2.05) is 0 Å². The first-order chi connectivity index (χ1) is 10.1. The first-order valence-corrected chi connectivity index (χ1v) is 7.43. The van der Waals surface area contributed by atoms with Gasteiger partial charge in [-0.05, 0) is 18.5 Å². The van der Waals surface area contributed by atoms with Gasteiger partial charge in [-0.2, -0.15) is 0 Å². The van der Waals surface area contributed by atoms with Gasteiger partial charge >= 0.3 is 0 Å². The molecule has 0 saturated heterocycles. The van der Waals surface area contributed by atoms with Crippen molar-refractivity contribution in [2.45, 2.75) is 12.8 Å². The molecule has 0 aliphatic carbocycles. The Morgan fingerprint density at radius 3 is 2.90 bits per heavy atom. The molecule has 21 heavy (non-hydrogen) atoms. The van der Waals surface area contributed by atoms with Gasteiger partial charge in [0, 0.05) is 29.7 Å². The molecule has 0 radical (unpaired) electrons. The van der Waals surface area contributed by atoms with Crippen LogP contribution in [0.4, 0.5) is 5.69 Å². The zero-order chi connectivity index (χ0) is 15.2. The predicted molar refractivity (Wildman–Crippen MR) is 83.1 cm³/mol. The number of carbonyl (C=O) groups excluding carboxylic acids is 1. The summed E-state index contributed by atoms with van der Waals surface area (Å²) in [5, 5.41) is 16.7. The normalized spacial score (nSPS) is 14.4. The lowest BCUT2D eigenvalue weighted by Gasteiger charge is -2.14. The molecule has 7 heteroatoms. The topological polar surface area (TPSA) is 84.3 Å². The van der Waals surface area contributed by atoms with Crippen LogP contribution in [0, 0.1) is 10.1 Å². The smallest absolute Gasteiger partial charge is 0.270 e. The van der Waals surface area contributed by atoms with E-state index < -0.39 is 4.92 Å². The van der Waals surface area contributed by atoms with E-state index in [1.165, 1.54) is 17.7 Å². The van der Waals surface area contributed by atoms with Crippen LogP contribution >= 0.6 is 15.9 Å². The van der Waals surface area contributed by atoms with E-state index in [2.05, 4.69) is 32.6 Å². The minimum Gasteiger partial charge on any atom is -0.352 e. The van der Waals surface area contributed by atoms with Crippen molar-refractivity contribution in [2.24, 2.45) is 0 Å². The molecule has 0 fully saturated rings. The van der Waals surface area contributed by atoms with Crippen LogP contribution < -0.4 is 10.6 Å². The molecule has 0 bridgehead atoms. The van der Waals surface area contributed by atoms with E-state index in [9.17, 15) is 14.9 Å². The summed E-state index contributed by atoms with van der Waals surface area (Å²) >= 11 is 3.27. The lowest BCUT2D eigenvalue weighted by Crippen LogP contribution is -2.30. The van der Waals surface area contributed by atoms with Crippen LogP contribution in [-0.4, -0.2) is 30.5 Å². The molecular formula is C14H16BrN3O3. The van der Waals surface area contributed by atoms with Gasteiger partial charge in [-0.15, -0.1) is 0 Å². The fourth-order valence-corrected chi connectivity index (χ4v) is 2.58. The molecule has 0 saturated carbocycles. The number of carbonyl (C=O) groups is 1. The van der Waals surface area contributed by atoms with E-state index in [4.69, 9.17) is 0 Å². The molecule has 1 amide bonds. The minimum absolute atomic E-state index is 0.00546. The van der Waals surface area contributed by atoms with Gasteiger partial charge in [0.25, 0.3) is 5.69 Å². The lowest BCUT2D eigenvalue weighted by atomic mass is 10.1. The minimum atomic E-state index is -0.460. The summed E-state index contributed by atoms with van der Waals surface area (Å²) in [5.41, 5.74) is 1.97. The number of hydrogen-bond donors (Lipinski definition) is 2. The van der Waals surface area contributed by atoms with E-state index in [-0.39, 0.29) is 18.0 Å². The fourth-order valence-electron chi connectivity index (χ4n) is 2.07. The number of nitrogens with zero attached hydrogens (tertiary/aromatic N) is 1. The molecule has 0 atom stereocenters. The van der Waals surface area contributed by atoms with Crippen LogP contribution in [0.1, 0.15) is 12.0 Å². The Hall–Kier alpha value is -1.73. The van der Waals surface area contributed by atoms with Gasteiger partial charge in [-0.25, -0.2) is 0 Å². The van der Waals surface area contributed by atoms with Gasteiger partial charge in [0.2, 0.25) is 5.91 Å². The Kier molecular flexibility index (Phi) is 5.46. The molecule has 1 aliphatic heterocycles. The van der Waals surface area contributed by atoms with Crippen molar-refractivity contribution in [1.82, 2.24) is 10.6 Å². The largest absolute Gasteiger partial charge is 0.352 e. The van der Waals surface area contributed by atoms with Crippen LogP contribution in [-0.2, 0) is 11.2 Å². The molecule has 112 valence electrons. The van der Waals surface area contributed by atoms with Gasteiger partial charge in [0.15, 0.2) is 0 Å². The third-order valence-corrected chi connectivity index (χ3v) is 4.01. The number of nitrogens with one attached hydrogen (secondary N) is 2. The van der Waals surface area contributed by atoms with Crippen LogP contribution in [0.25, 0.3) is 0 Å². The molecule has 2 rings (SSSR count). The lowest BCUT2D eigenvalue weighted by molar-refractivity contribution is -0.384. The molecular weight excluding hydrogens is 338 g/mol. The summed E-state index contributed by atoms with van der Waals surface area (Å²) in [6.07, 6.45) is 3.23. The summed E-state index contributed by atoms with van der Waals surface area (Å²) < 4.78 is 0.577. The average Bonchev–Trinajstić information content (AvgIpc) is 2.48. The molecule has 0 aromatic heterocycles. The van der Waals surface area contributed by atoms with Crippen LogP contribution in [0.3, 0.4) is 0 Å². The predicted octanol–water partition coefficient (Wildman–Crippen LogP) is 1.94. The van der Waals surface area contributed by atoms with Gasteiger partial charge in [-0.1, -0.05) is 33.6 Å². The Balaban J connectivity index is 1.90. The second-order valence-corrected chi connectivity index (χ2v) is 5.66. The first-order valence-electron chi connectivity index (χ1n) is 6.64. The number of nitro benzene ring substituents is 1. The maximum atomic E-state index is 11.9. The molecule has 1 heterocycles. The Morgan fingerprint density at radius 2 is 2.29 bits per heavy atom. The van der Waals surface area contributed by atoms with E-state index in [0.29, 0.717) is 11.0 Å². The molecule has 0 unspecified atom stereocenters. The number of halogens is 1. The molecule has 1 aliphatic rings. The molecule has 1 aromatic carbocycles. The van der Waals surface area contributed by atoms with Gasteiger partial charge in [0.1, 0.15) is 0 Å². The van der Waals surface area contributed by atoms with Gasteiger partial charge in [-0.3, -0.25) is 14.9 Å². The number of hydrogen-bond acceptors (Lipinski definition) is 4. The number of non-ortho nitro benzene ring substituents is 1. The van der Waals surface area contributed by atoms with Crippen molar-refractivity contribution in [3.8, 4) is 0 Å². The fraction of sp³-hybridized carbons (Fsp3) is 0.357. The monoisotopic (exact) mass is 353 g/mol. The second-order valence-electron chi connectivity index (χ2n) is 4.80. The number of rotatable bonds is 5. The molecule has 1 aromatic rings. The maximum Gasteiger partial charge on any atom is 0.270 e. The summed E-state index contributed by atoms with van der Waals surface area (Å²) in [7, 11) is 0. The Bertz CT molecular complexity index is 587. The Labute approximate surface area is 130 Å². The highest BCUT2D eigenvalue weighted by Gasteiger charge is 2.12. The standard InChI is InChI=1S/C14H16BrN3O3/c15-13-8-12(18(20)21)2-1-11(13)7-14(19)17-9-10-3-5-16-6-4-10/h1-3,8,16H,4-7,9H2,(H,17,19). The summed E-state index contributed by atoms with van der Waals surface area (Å²) in [4.78, 5) is 22.1. The summed E-state index contributed by atoms with van der Waals surface area (Å²) in [6.45, 7) is 2.35. The van der Waals surface area contributed by atoms with Crippen molar-refractivity contribution in [2.75, 3.05) is 19.6 Å². The molecule has 0 spiro atoms.